The van der Waals surface area contributed by atoms with Gasteiger partial charge in [0.15, 0.2) is 0 Å². The molecule has 4 aromatic rings. The highest BCUT2D eigenvalue weighted by molar-refractivity contribution is 6.07. The first-order chi connectivity index (χ1) is 17.5. The zero-order chi connectivity index (χ0) is 24.8. The summed E-state index contributed by atoms with van der Waals surface area (Å²) < 4.78 is 7.52. The number of fused-ring (bicyclic) bond motifs is 3. The van der Waals surface area contributed by atoms with Gasteiger partial charge < -0.3 is 19.5 Å². The fourth-order valence-electron chi connectivity index (χ4n) is 5.71. The van der Waals surface area contributed by atoms with Gasteiger partial charge in [0.25, 0.3) is 11.5 Å². The van der Waals surface area contributed by atoms with Crippen molar-refractivity contribution in [3.05, 3.63) is 75.7 Å². The van der Waals surface area contributed by atoms with E-state index in [1.807, 2.05) is 46.8 Å². The minimum Gasteiger partial charge on any atom is -0.381 e. The van der Waals surface area contributed by atoms with Crippen LogP contribution in [0.4, 0.5) is 0 Å². The largest absolute Gasteiger partial charge is 0.381 e. The number of H-pyrrole nitrogens is 1. The second-order valence-corrected chi connectivity index (χ2v) is 10.0. The summed E-state index contributed by atoms with van der Waals surface area (Å²) in [6, 6.07) is 14.3. The molecule has 0 saturated carbocycles. The van der Waals surface area contributed by atoms with E-state index in [1.54, 1.807) is 6.20 Å². The number of rotatable bonds is 3. The minimum absolute atomic E-state index is 0.0177. The maximum Gasteiger partial charge on any atom is 0.259 e. The number of likely N-dealkylation sites (N-methyl/N-ethyl adjacent to an activating group) is 1. The first-order valence-electron chi connectivity index (χ1n) is 12.7. The Bertz CT molecular complexity index is 1490. The first kappa shape index (κ1) is 22.9. The number of hydrogen-bond acceptors (Lipinski definition) is 5. The van der Waals surface area contributed by atoms with E-state index in [0.29, 0.717) is 30.7 Å². The van der Waals surface area contributed by atoms with E-state index >= 15 is 0 Å². The molecule has 1 N–H and O–H groups in total. The fourth-order valence-corrected chi connectivity index (χ4v) is 5.71. The number of amides is 1. The summed E-state index contributed by atoms with van der Waals surface area (Å²) in [6.45, 7) is 5.58. The van der Waals surface area contributed by atoms with Crippen molar-refractivity contribution < 1.29 is 9.53 Å². The van der Waals surface area contributed by atoms with Crippen molar-refractivity contribution in [1.82, 2.24) is 24.6 Å². The van der Waals surface area contributed by atoms with Gasteiger partial charge in [-0.15, -0.1) is 0 Å². The zero-order valence-corrected chi connectivity index (χ0v) is 20.7. The summed E-state index contributed by atoms with van der Waals surface area (Å²) in [5, 5.41) is 6.03. The Balaban J connectivity index is 1.47. The quantitative estimate of drug-likeness (QED) is 0.479. The van der Waals surface area contributed by atoms with E-state index in [0.717, 1.165) is 53.5 Å². The number of piperazine rings is 1. The van der Waals surface area contributed by atoms with Crippen molar-refractivity contribution in [3.8, 4) is 0 Å². The van der Waals surface area contributed by atoms with Gasteiger partial charge in [0.1, 0.15) is 0 Å². The van der Waals surface area contributed by atoms with E-state index in [4.69, 9.17) is 4.74 Å². The number of ether oxygens (including phenoxy) is 1. The van der Waals surface area contributed by atoms with Gasteiger partial charge in [0.2, 0.25) is 0 Å². The predicted octanol–water partition coefficient (Wildman–Crippen LogP) is 3.67. The van der Waals surface area contributed by atoms with Crippen molar-refractivity contribution in [2.24, 2.45) is 0 Å². The molecule has 8 nitrogen and oxygen atoms in total. The second kappa shape index (κ2) is 9.19. The molecular weight excluding hydrogens is 454 g/mol. The molecule has 0 bridgehead atoms. The maximum absolute atomic E-state index is 14.1. The average Bonchev–Trinajstić information content (AvgIpc) is 3.35. The number of nitrogens with one attached hydrogen (secondary N) is 1. The Labute approximate surface area is 209 Å². The van der Waals surface area contributed by atoms with Crippen molar-refractivity contribution in [2.45, 2.75) is 31.8 Å². The standard InChI is InChI=1S/C28H31N5O3/c1-18-14-24-22(26-23(27(34)30-24)16-29-33(26)20-8-12-36-13-9-20)15-21(18)28(35)32-11-10-31(2)17-25(32)19-6-4-3-5-7-19/h3-7,14-16,20,25H,8-13,17H2,1-2H3,(H,30,34). The van der Waals surface area contributed by atoms with E-state index in [-0.39, 0.29) is 23.6 Å². The van der Waals surface area contributed by atoms with Crippen LogP contribution in [0.1, 0.15) is 46.4 Å². The smallest absolute Gasteiger partial charge is 0.259 e. The molecule has 0 aliphatic carbocycles. The summed E-state index contributed by atoms with van der Waals surface area (Å²) >= 11 is 0. The molecule has 2 aromatic heterocycles. The van der Waals surface area contributed by atoms with Gasteiger partial charge in [-0.3, -0.25) is 14.3 Å². The molecular formula is C28H31N5O3. The van der Waals surface area contributed by atoms with E-state index in [9.17, 15) is 9.59 Å². The van der Waals surface area contributed by atoms with Gasteiger partial charge in [0, 0.05) is 43.8 Å². The normalized spacial score (nSPS) is 19.8. The number of aryl methyl sites for hydroxylation is 1. The lowest BCUT2D eigenvalue weighted by Gasteiger charge is -2.40. The molecule has 2 fully saturated rings. The Kier molecular flexibility index (Phi) is 5.85. The van der Waals surface area contributed by atoms with Crippen LogP contribution >= 0.6 is 0 Å². The van der Waals surface area contributed by atoms with Gasteiger partial charge in [-0.1, -0.05) is 30.3 Å². The monoisotopic (exact) mass is 485 g/mol. The minimum atomic E-state index is -0.155. The van der Waals surface area contributed by atoms with Crippen molar-refractivity contribution in [3.63, 3.8) is 0 Å². The van der Waals surface area contributed by atoms with Gasteiger partial charge in [0.05, 0.1) is 34.7 Å². The number of pyridine rings is 1. The summed E-state index contributed by atoms with van der Waals surface area (Å²) in [5.41, 5.74) is 4.03. The number of benzene rings is 2. The molecule has 1 amide bonds. The molecule has 186 valence electrons. The lowest BCUT2D eigenvalue weighted by atomic mass is 9.98. The van der Waals surface area contributed by atoms with Gasteiger partial charge in [-0.05, 0) is 50.1 Å². The first-order valence-corrected chi connectivity index (χ1v) is 12.7. The highest BCUT2D eigenvalue weighted by atomic mass is 16.5. The molecule has 0 radical (unpaired) electrons. The molecule has 1 atom stereocenters. The molecule has 2 aliphatic rings. The fraction of sp³-hybridized carbons (Fsp3) is 0.393. The van der Waals surface area contributed by atoms with Gasteiger partial charge >= 0.3 is 0 Å². The summed E-state index contributed by atoms with van der Waals surface area (Å²) in [5.74, 6) is 0.0211. The zero-order valence-electron chi connectivity index (χ0n) is 20.7. The molecule has 2 saturated heterocycles. The Morgan fingerprint density at radius 2 is 1.86 bits per heavy atom. The average molecular weight is 486 g/mol. The van der Waals surface area contributed by atoms with Crippen LogP contribution in [0.3, 0.4) is 0 Å². The third-order valence-electron chi connectivity index (χ3n) is 7.70. The van der Waals surface area contributed by atoms with Crippen LogP contribution in [-0.2, 0) is 4.74 Å². The van der Waals surface area contributed by atoms with Crippen molar-refractivity contribution in [1.29, 1.82) is 0 Å². The van der Waals surface area contributed by atoms with Crippen molar-refractivity contribution in [2.75, 3.05) is 39.9 Å². The molecule has 6 rings (SSSR count). The highest BCUT2D eigenvalue weighted by Crippen LogP contribution is 2.32. The van der Waals surface area contributed by atoms with Crippen LogP contribution < -0.4 is 5.56 Å². The predicted molar refractivity (Wildman–Crippen MR) is 139 cm³/mol. The number of carbonyl (C=O) groups is 1. The third kappa shape index (κ3) is 3.90. The van der Waals surface area contributed by atoms with Crippen molar-refractivity contribution >= 4 is 27.7 Å². The van der Waals surface area contributed by atoms with Crippen LogP contribution in [0.2, 0.25) is 0 Å². The lowest BCUT2D eigenvalue weighted by molar-refractivity contribution is 0.0497. The number of aromatic nitrogens is 3. The van der Waals surface area contributed by atoms with Crippen LogP contribution in [0.25, 0.3) is 21.8 Å². The lowest BCUT2D eigenvalue weighted by Crippen LogP contribution is -2.49. The number of aromatic amines is 1. The van der Waals surface area contributed by atoms with Crippen LogP contribution in [0.5, 0.6) is 0 Å². The highest BCUT2D eigenvalue weighted by Gasteiger charge is 2.32. The van der Waals surface area contributed by atoms with E-state index in [1.165, 1.54) is 0 Å². The molecule has 36 heavy (non-hydrogen) atoms. The van der Waals surface area contributed by atoms with E-state index in [2.05, 4.69) is 34.2 Å². The molecule has 4 heterocycles. The molecule has 0 spiro atoms. The molecule has 1 unspecified atom stereocenters. The van der Waals surface area contributed by atoms with Crippen LogP contribution in [0.15, 0.2) is 53.5 Å². The van der Waals surface area contributed by atoms with Crippen LogP contribution in [-0.4, -0.2) is 70.4 Å². The van der Waals surface area contributed by atoms with Crippen LogP contribution in [0, 0.1) is 6.92 Å². The van der Waals surface area contributed by atoms with Gasteiger partial charge in [-0.2, -0.15) is 5.10 Å². The Morgan fingerprint density at radius 1 is 1.08 bits per heavy atom. The Morgan fingerprint density at radius 3 is 2.64 bits per heavy atom. The summed E-state index contributed by atoms with van der Waals surface area (Å²) in [6.07, 6.45) is 3.35. The molecule has 2 aromatic carbocycles. The summed E-state index contributed by atoms with van der Waals surface area (Å²) in [4.78, 5) is 34.2. The summed E-state index contributed by atoms with van der Waals surface area (Å²) in [7, 11) is 2.10. The second-order valence-electron chi connectivity index (χ2n) is 10.0. The van der Waals surface area contributed by atoms with Gasteiger partial charge in [-0.25, -0.2) is 0 Å². The number of nitrogens with zero attached hydrogens (tertiary/aromatic N) is 4. The number of carbonyl (C=O) groups excluding carboxylic acids is 1. The third-order valence-corrected chi connectivity index (χ3v) is 7.70. The molecule has 8 heteroatoms. The topological polar surface area (TPSA) is 83.5 Å². The molecule has 2 aliphatic heterocycles. The number of hydrogen-bond donors (Lipinski definition) is 1. The van der Waals surface area contributed by atoms with E-state index < -0.39 is 0 Å². The SMILES string of the molecule is Cc1cc2[nH]c(=O)c3cnn(C4CCOCC4)c3c2cc1C(=O)N1CCN(C)CC1c1ccccc1. The maximum atomic E-state index is 14.1. The Hall–Kier alpha value is -3.49.